The van der Waals surface area contributed by atoms with E-state index in [-0.39, 0.29) is 17.6 Å². The molecule has 166 valence electrons. The van der Waals surface area contributed by atoms with Gasteiger partial charge in [-0.05, 0) is 48.1 Å². The standard InChI is InChI=1S/C26H31N5O/c1-5-18-8-6-9-20(16-18)22-24(19-11-13-28-14-12-19)29-26(30(4)25(22)32)31-15-7-10-21(31)23(27)17(2)3/h5-6,8-9,11-14,16-17,21,23H,1,7,10,15,27H2,2-4H3. The highest BCUT2D eigenvalue weighted by molar-refractivity contribution is 5.81. The van der Waals surface area contributed by atoms with Crippen molar-refractivity contribution in [3.05, 3.63) is 71.3 Å². The Bertz CT molecular complexity index is 1170. The van der Waals surface area contributed by atoms with Gasteiger partial charge in [-0.15, -0.1) is 0 Å². The zero-order valence-corrected chi connectivity index (χ0v) is 19.0. The molecule has 0 amide bonds. The molecule has 1 aliphatic rings. The average molecular weight is 430 g/mol. The van der Waals surface area contributed by atoms with E-state index in [1.807, 2.05) is 36.4 Å². The van der Waals surface area contributed by atoms with Crippen LogP contribution in [0.25, 0.3) is 28.5 Å². The van der Waals surface area contributed by atoms with Crippen molar-refractivity contribution < 1.29 is 0 Å². The van der Waals surface area contributed by atoms with E-state index in [1.165, 1.54) is 0 Å². The number of rotatable bonds is 6. The van der Waals surface area contributed by atoms with E-state index in [0.29, 0.717) is 23.1 Å². The van der Waals surface area contributed by atoms with Crippen LogP contribution in [0.5, 0.6) is 0 Å². The number of aromatic nitrogens is 3. The third-order valence-corrected chi connectivity index (χ3v) is 6.40. The van der Waals surface area contributed by atoms with Crippen LogP contribution in [-0.2, 0) is 7.05 Å². The van der Waals surface area contributed by atoms with Crippen molar-refractivity contribution in [1.82, 2.24) is 14.5 Å². The minimum Gasteiger partial charge on any atom is -0.338 e. The van der Waals surface area contributed by atoms with Crippen LogP contribution in [0.2, 0.25) is 0 Å². The summed E-state index contributed by atoms with van der Waals surface area (Å²) in [7, 11) is 1.80. The maximum Gasteiger partial charge on any atom is 0.263 e. The lowest BCUT2D eigenvalue weighted by molar-refractivity contribution is 0.409. The lowest BCUT2D eigenvalue weighted by Gasteiger charge is -2.33. The van der Waals surface area contributed by atoms with Gasteiger partial charge in [0.1, 0.15) is 0 Å². The second kappa shape index (κ2) is 9.09. The molecule has 0 spiro atoms. The van der Waals surface area contributed by atoms with Gasteiger partial charge in [0, 0.05) is 43.6 Å². The van der Waals surface area contributed by atoms with Crippen LogP contribution in [0.4, 0.5) is 5.95 Å². The number of anilines is 1. The van der Waals surface area contributed by atoms with E-state index < -0.39 is 0 Å². The number of nitrogens with zero attached hydrogens (tertiary/aromatic N) is 4. The number of hydrogen-bond donors (Lipinski definition) is 1. The van der Waals surface area contributed by atoms with Crippen molar-refractivity contribution in [1.29, 1.82) is 0 Å². The first kappa shape index (κ1) is 22.0. The van der Waals surface area contributed by atoms with Crippen LogP contribution in [-0.4, -0.2) is 33.2 Å². The summed E-state index contributed by atoms with van der Waals surface area (Å²) in [5.41, 5.74) is 10.4. The quantitative estimate of drug-likeness (QED) is 0.638. The second-order valence-corrected chi connectivity index (χ2v) is 8.79. The Morgan fingerprint density at radius 3 is 2.62 bits per heavy atom. The summed E-state index contributed by atoms with van der Waals surface area (Å²) in [5.74, 6) is 1.02. The molecule has 1 aromatic carbocycles. The van der Waals surface area contributed by atoms with E-state index in [2.05, 4.69) is 30.3 Å². The van der Waals surface area contributed by atoms with Gasteiger partial charge in [0.05, 0.1) is 11.3 Å². The van der Waals surface area contributed by atoms with Gasteiger partial charge in [0.25, 0.3) is 5.56 Å². The van der Waals surface area contributed by atoms with Gasteiger partial charge in [-0.25, -0.2) is 4.98 Å². The van der Waals surface area contributed by atoms with Crippen LogP contribution >= 0.6 is 0 Å². The van der Waals surface area contributed by atoms with Gasteiger partial charge in [0.2, 0.25) is 5.95 Å². The molecule has 0 radical (unpaired) electrons. The molecule has 0 saturated carbocycles. The van der Waals surface area contributed by atoms with Crippen molar-refractivity contribution in [3.63, 3.8) is 0 Å². The molecule has 0 aliphatic carbocycles. The Hall–Kier alpha value is -3.25. The lowest BCUT2D eigenvalue weighted by Crippen LogP contribution is -2.48. The summed E-state index contributed by atoms with van der Waals surface area (Å²) >= 11 is 0. The zero-order chi connectivity index (χ0) is 22.8. The molecule has 2 unspecified atom stereocenters. The molecule has 3 aromatic rings. The molecule has 1 saturated heterocycles. The fourth-order valence-electron chi connectivity index (χ4n) is 4.53. The van der Waals surface area contributed by atoms with Crippen molar-refractivity contribution >= 4 is 12.0 Å². The van der Waals surface area contributed by atoms with Crippen LogP contribution in [0.1, 0.15) is 32.3 Å². The minimum atomic E-state index is -0.0770. The van der Waals surface area contributed by atoms with Crippen molar-refractivity contribution in [2.24, 2.45) is 18.7 Å². The molecule has 2 atom stereocenters. The van der Waals surface area contributed by atoms with Crippen molar-refractivity contribution in [2.75, 3.05) is 11.4 Å². The highest BCUT2D eigenvalue weighted by Gasteiger charge is 2.34. The van der Waals surface area contributed by atoms with Gasteiger partial charge in [-0.2, -0.15) is 0 Å². The summed E-state index contributed by atoms with van der Waals surface area (Å²) < 4.78 is 1.67. The number of nitrogens with two attached hydrogens (primary N) is 1. The maximum absolute atomic E-state index is 13.8. The van der Waals surface area contributed by atoms with Crippen LogP contribution in [0.15, 0.2) is 60.2 Å². The monoisotopic (exact) mass is 429 g/mol. The summed E-state index contributed by atoms with van der Waals surface area (Å²) in [6.07, 6.45) is 7.28. The molecule has 0 bridgehead atoms. The lowest BCUT2D eigenvalue weighted by atomic mass is 9.95. The molecule has 6 heteroatoms. The summed E-state index contributed by atoms with van der Waals surface area (Å²) in [5, 5.41) is 0. The summed E-state index contributed by atoms with van der Waals surface area (Å²) in [4.78, 5) is 25.2. The Morgan fingerprint density at radius 2 is 1.94 bits per heavy atom. The fourth-order valence-corrected chi connectivity index (χ4v) is 4.53. The molecule has 32 heavy (non-hydrogen) atoms. The smallest absolute Gasteiger partial charge is 0.263 e. The van der Waals surface area contributed by atoms with E-state index in [1.54, 1.807) is 30.1 Å². The second-order valence-electron chi connectivity index (χ2n) is 8.79. The average Bonchev–Trinajstić information content (AvgIpc) is 3.30. The Balaban J connectivity index is 1.94. The predicted molar refractivity (Wildman–Crippen MR) is 131 cm³/mol. The van der Waals surface area contributed by atoms with E-state index >= 15 is 0 Å². The normalized spacial score (nSPS) is 17.0. The molecule has 4 rings (SSSR count). The first-order valence-electron chi connectivity index (χ1n) is 11.2. The Labute approximate surface area is 189 Å². The number of benzene rings is 1. The molecular formula is C26H31N5O. The molecule has 2 aromatic heterocycles. The molecule has 2 N–H and O–H groups in total. The van der Waals surface area contributed by atoms with Crippen LogP contribution < -0.4 is 16.2 Å². The van der Waals surface area contributed by atoms with Gasteiger partial charge in [-0.1, -0.05) is 44.7 Å². The maximum atomic E-state index is 13.8. The molecule has 1 aliphatic heterocycles. The van der Waals surface area contributed by atoms with Crippen LogP contribution in [0.3, 0.4) is 0 Å². The summed E-state index contributed by atoms with van der Waals surface area (Å²) in [6.45, 7) is 8.99. The van der Waals surface area contributed by atoms with Crippen molar-refractivity contribution in [3.8, 4) is 22.4 Å². The third-order valence-electron chi connectivity index (χ3n) is 6.40. The zero-order valence-electron chi connectivity index (χ0n) is 19.0. The fraction of sp³-hybridized carbons (Fsp3) is 0.346. The highest BCUT2D eigenvalue weighted by Crippen LogP contribution is 2.33. The molecule has 1 fully saturated rings. The Morgan fingerprint density at radius 1 is 1.19 bits per heavy atom. The first-order chi connectivity index (χ1) is 15.4. The van der Waals surface area contributed by atoms with Crippen LogP contribution in [0, 0.1) is 5.92 Å². The SMILES string of the molecule is C=Cc1cccc(-c2c(-c3ccncc3)nc(N3CCCC3C(N)C(C)C)n(C)c2=O)c1. The van der Waals surface area contributed by atoms with Gasteiger partial charge >= 0.3 is 0 Å². The molecule has 3 heterocycles. The minimum absolute atomic E-state index is 0.0164. The third kappa shape index (κ3) is 3.98. The number of pyridine rings is 1. The predicted octanol–water partition coefficient (Wildman–Crippen LogP) is 4.10. The Kier molecular flexibility index (Phi) is 6.24. The van der Waals surface area contributed by atoms with Gasteiger partial charge < -0.3 is 10.6 Å². The van der Waals surface area contributed by atoms with E-state index in [4.69, 9.17) is 10.7 Å². The van der Waals surface area contributed by atoms with E-state index in [0.717, 1.165) is 36.1 Å². The van der Waals surface area contributed by atoms with Gasteiger partial charge in [-0.3, -0.25) is 14.3 Å². The topological polar surface area (TPSA) is 77.0 Å². The van der Waals surface area contributed by atoms with E-state index in [9.17, 15) is 4.79 Å². The van der Waals surface area contributed by atoms with Crippen molar-refractivity contribution in [2.45, 2.75) is 38.8 Å². The largest absolute Gasteiger partial charge is 0.338 e. The first-order valence-corrected chi connectivity index (χ1v) is 11.2. The number of hydrogen-bond acceptors (Lipinski definition) is 5. The highest BCUT2D eigenvalue weighted by atomic mass is 16.1. The summed E-state index contributed by atoms with van der Waals surface area (Å²) in [6, 6.07) is 11.8. The van der Waals surface area contributed by atoms with Gasteiger partial charge in [0.15, 0.2) is 0 Å². The molecular weight excluding hydrogens is 398 g/mol. The molecule has 6 nitrogen and oxygen atoms in total.